The molecule has 1 aliphatic heterocycles. The average molecular weight is 382 g/mol. The molecular weight excluding hydrogens is 356 g/mol. The molecule has 0 spiro atoms. The van der Waals surface area contributed by atoms with E-state index in [4.69, 9.17) is 4.74 Å². The summed E-state index contributed by atoms with van der Waals surface area (Å²) in [5.41, 5.74) is 1.31. The van der Waals surface area contributed by atoms with Gasteiger partial charge in [0.05, 0.1) is 22.9 Å². The molecule has 2 aromatic rings. The quantitative estimate of drug-likeness (QED) is 0.165. The number of hydrogen-bond donors (Lipinski definition) is 0. The van der Waals surface area contributed by atoms with Gasteiger partial charge in [-0.15, -0.1) is 0 Å². The molecular formula is C21H26N4O3. The van der Waals surface area contributed by atoms with E-state index >= 15 is 0 Å². The van der Waals surface area contributed by atoms with Gasteiger partial charge in [-0.2, -0.15) is 10.2 Å². The minimum Gasteiger partial charge on any atom is -0.494 e. The van der Waals surface area contributed by atoms with Crippen LogP contribution in [-0.2, 0) is 0 Å². The summed E-state index contributed by atoms with van der Waals surface area (Å²) in [5, 5.41) is 18.9. The molecule has 1 fully saturated rings. The smallest absolute Gasteiger partial charge is 0.269 e. The molecule has 2 aromatic carbocycles. The second-order valence-corrected chi connectivity index (χ2v) is 7.07. The summed E-state index contributed by atoms with van der Waals surface area (Å²) in [6.07, 6.45) is 4.80. The highest BCUT2D eigenvalue weighted by atomic mass is 16.6. The van der Waals surface area contributed by atoms with Crippen molar-refractivity contribution in [1.29, 1.82) is 0 Å². The number of azo groups is 1. The summed E-state index contributed by atoms with van der Waals surface area (Å²) in [6, 6.07) is 14.2. The van der Waals surface area contributed by atoms with Gasteiger partial charge in [0.25, 0.3) is 5.69 Å². The molecule has 0 radical (unpaired) electrons. The molecule has 0 bridgehead atoms. The molecule has 7 heteroatoms. The first kappa shape index (κ1) is 19.9. The number of hydrogen-bond acceptors (Lipinski definition) is 6. The Labute approximate surface area is 165 Å². The summed E-state index contributed by atoms with van der Waals surface area (Å²) >= 11 is 0. The van der Waals surface area contributed by atoms with Crippen molar-refractivity contribution in [2.24, 2.45) is 10.2 Å². The molecule has 1 aliphatic rings. The van der Waals surface area contributed by atoms with Gasteiger partial charge in [0.1, 0.15) is 5.75 Å². The van der Waals surface area contributed by atoms with Crippen LogP contribution in [0.5, 0.6) is 5.75 Å². The van der Waals surface area contributed by atoms with Gasteiger partial charge in [0.15, 0.2) is 0 Å². The van der Waals surface area contributed by atoms with Crippen LogP contribution in [0.4, 0.5) is 17.1 Å². The number of rotatable bonds is 11. The molecule has 1 heterocycles. The second-order valence-electron chi connectivity index (χ2n) is 7.07. The normalized spacial score (nSPS) is 18.3. The highest BCUT2D eigenvalue weighted by molar-refractivity contribution is 5.45. The standard InChI is InChI=1S/C21H26N4O3/c1-17-16-24(17)14-4-2-3-5-15-28-21-12-8-19(9-13-21)23-22-18-6-10-20(11-7-18)25(26)27/h6-13,17H,2-5,14-16H2,1H3. The van der Waals surface area contributed by atoms with E-state index in [-0.39, 0.29) is 5.69 Å². The first-order valence-corrected chi connectivity index (χ1v) is 9.75. The van der Waals surface area contributed by atoms with E-state index in [1.54, 1.807) is 12.1 Å². The van der Waals surface area contributed by atoms with E-state index in [0.717, 1.165) is 24.8 Å². The Morgan fingerprint density at radius 1 is 1.00 bits per heavy atom. The van der Waals surface area contributed by atoms with Crippen LogP contribution in [-0.4, -0.2) is 35.6 Å². The molecule has 2 atom stereocenters. The molecule has 3 rings (SSSR count). The maximum absolute atomic E-state index is 10.6. The van der Waals surface area contributed by atoms with Crippen LogP contribution in [0.3, 0.4) is 0 Å². The molecule has 0 N–H and O–H groups in total. The van der Waals surface area contributed by atoms with Gasteiger partial charge in [-0.25, -0.2) is 0 Å². The maximum atomic E-state index is 10.6. The monoisotopic (exact) mass is 382 g/mol. The van der Waals surface area contributed by atoms with Gasteiger partial charge in [0.2, 0.25) is 0 Å². The van der Waals surface area contributed by atoms with Gasteiger partial charge in [-0.3, -0.25) is 15.0 Å². The van der Waals surface area contributed by atoms with Crippen LogP contribution in [0.1, 0.15) is 32.6 Å². The lowest BCUT2D eigenvalue weighted by molar-refractivity contribution is -0.384. The molecule has 2 unspecified atom stereocenters. The van der Waals surface area contributed by atoms with Crippen LogP contribution in [0.25, 0.3) is 0 Å². The van der Waals surface area contributed by atoms with E-state index in [0.29, 0.717) is 11.4 Å². The van der Waals surface area contributed by atoms with Crippen LogP contribution < -0.4 is 4.74 Å². The van der Waals surface area contributed by atoms with E-state index in [9.17, 15) is 10.1 Å². The van der Waals surface area contributed by atoms with Gasteiger partial charge in [0, 0.05) is 24.7 Å². The summed E-state index contributed by atoms with van der Waals surface area (Å²) in [4.78, 5) is 12.7. The Bertz CT molecular complexity index is 790. The number of non-ortho nitro benzene ring substituents is 1. The Kier molecular flexibility index (Phi) is 7.08. The Balaban J connectivity index is 1.34. The van der Waals surface area contributed by atoms with Gasteiger partial charge < -0.3 is 4.74 Å². The van der Waals surface area contributed by atoms with Gasteiger partial charge in [-0.05, 0) is 62.7 Å². The fraction of sp³-hybridized carbons (Fsp3) is 0.429. The van der Waals surface area contributed by atoms with Gasteiger partial charge >= 0.3 is 0 Å². The highest BCUT2D eigenvalue weighted by Crippen LogP contribution is 2.23. The summed E-state index contributed by atoms with van der Waals surface area (Å²) in [5.74, 6) is 0.826. The first-order chi connectivity index (χ1) is 13.6. The molecule has 28 heavy (non-hydrogen) atoms. The minimum atomic E-state index is -0.438. The maximum Gasteiger partial charge on any atom is 0.269 e. The van der Waals surface area contributed by atoms with Crippen molar-refractivity contribution < 1.29 is 9.66 Å². The van der Waals surface area contributed by atoms with E-state index in [1.807, 2.05) is 24.3 Å². The highest BCUT2D eigenvalue weighted by Gasteiger charge is 2.27. The van der Waals surface area contributed by atoms with Crippen molar-refractivity contribution in [2.75, 3.05) is 19.7 Å². The molecule has 0 aliphatic carbocycles. The summed E-state index contributed by atoms with van der Waals surface area (Å²) < 4.78 is 5.77. The fourth-order valence-electron chi connectivity index (χ4n) is 2.93. The van der Waals surface area contributed by atoms with Crippen molar-refractivity contribution in [2.45, 2.75) is 38.6 Å². The third kappa shape index (κ3) is 6.42. The first-order valence-electron chi connectivity index (χ1n) is 9.75. The van der Waals surface area contributed by atoms with Crippen LogP contribution >= 0.6 is 0 Å². The van der Waals surface area contributed by atoms with Crippen molar-refractivity contribution in [3.8, 4) is 5.75 Å². The number of unbranched alkanes of at least 4 members (excludes halogenated alkanes) is 3. The zero-order valence-electron chi connectivity index (χ0n) is 16.2. The van der Waals surface area contributed by atoms with Crippen molar-refractivity contribution in [3.63, 3.8) is 0 Å². The lowest BCUT2D eigenvalue weighted by Crippen LogP contribution is -2.02. The van der Waals surface area contributed by atoms with Crippen LogP contribution in [0.15, 0.2) is 58.8 Å². The van der Waals surface area contributed by atoms with Crippen LogP contribution in [0.2, 0.25) is 0 Å². The van der Waals surface area contributed by atoms with E-state index in [1.165, 1.54) is 44.5 Å². The van der Waals surface area contributed by atoms with E-state index < -0.39 is 4.92 Å². The number of benzene rings is 2. The van der Waals surface area contributed by atoms with E-state index in [2.05, 4.69) is 22.1 Å². The molecule has 1 saturated heterocycles. The zero-order chi connectivity index (χ0) is 19.8. The molecule has 0 aromatic heterocycles. The van der Waals surface area contributed by atoms with Crippen molar-refractivity contribution in [1.82, 2.24) is 4.90 Å². The number of ether oxygens (including phenoxy) is 1. The predicted octanol–water partition coefficient (Wildman–Crippen LogP) is 5.65. The fourth-order valence-corrected chi connectivity index (χ4v) is 2.93. The number of nitro benzene ring substituents is 1. The zero-order valence-corrected chi connectivity index (χ0v) is 16.2. The number of nitrogens with zero attached hydrogens (tertiary/aromatic N) is 4. The van der Waals surface area contributed by atoms with Gasteiger partial charge in [-0.1, -0.05) is 12.8 Å². The van der Waals surface area contributed by atoms with Crippen LogP contribution in [0, 0.1) is 10.1 Å². The summed E-state index contributed by atoms with van der Waals surface area (Å²) in [6.45, 7) is 5.50. The Hall–Kier alpha value is -2.80. The molecule has 0 saturated carbocycles. The number of nitro groups is 1. The minimum absolute atomic E-state index is 0.0377. The molecule has 0 amide bonds. The van der Waals surface area contributed by atoms with Crippen molar-refractivity contribution >= 4 is 17.1 Å². The lowest BCUT2D eigenvalue weighted by atomic mass is 10.2. The Morgan fingerprint density at radius 2 is 1.57 bits per heavy atom. The summed E-state index contributed by atoms with van der Waals surface area (Å²) in [7, 11) is 0. The third-order valence-electron chi connectivity index (χ3n) is 4.78. The Morgan fingerprint density at radius 3 is 2.14 bits per heavy atom. The molecule has 7 nitrogen and oxygen atoms in total. The third-order valence-corrected chi connectivity index (χ3v) is 4.78. The second kappa shape index (κ2) is 9.94. The SMILES string of the molecule is CC1CN1CCCCCCOc1ccc(N=Nc2ccc([N+](=O)[O-])cc2)cc1. The average Bonchev–Trinajstić information content (AvgIpc) is 3.42. The topological polar surface area (TPSA) is 80.1 Å². The van der Waals surface area contributed by atoms with Crippen molar-refractivity contribution in [3.05, 3.63) is 58.6 Å². The molecule has 148 valence electrons. The largest absolute Gasteiger partial charge is 0.494 e. The lowest BCUT2D eigenvalue weighted by Gasteiger charge is -2.06. The predicted molar refractivity (Wildman–Crippen MR) is 109 cm³/mol.